The van der Waals surface area contributed by atoms with Crippen LogP contribution in [0, 0.1) is 0 Å². The third-order valence-electron chi connectivity index (χ3n) is 2.31. The van der Waals surface area contributed by atoms with Gasteiger partial charge in [-0.3, -0.25) is 9.78 Å². The Bertz CT molecular complexity index is 387. The maximum Gasteiger partial charge on any atom is 0.271 e. The number of aromatic nitrogens is 2. The van der Waals surface area contributed by atoms with Crippen LogP contribution in [0.5, 0.6) is 0 Å². The van der Waals surface area contributed by atoms with E-state index < -0.39 is 0 Å². The number of methoxy groups -OCH3 is 1. The van der Waals surface area contributed by atoms with E-state index in [1.54, 1.807) is 20.4 Å². The van der Waals surface area contributed by atoms with Gasteiger partial charge in [0.05, 0.1) is 25.6 Å². The summed E-state index contributed by atoms with van der Waals surface area (Å²) in [5.74, 6) is 0.331. The Morgan fingerprint density at radius 2 is 2.16 bits per heavy atom. The molecule has 1 rings (SSSR count). The van der Waals surface area contributed by atoms with Gasteiger partial charge >= 0.3 is 0 Å². The standard InChI is InChI=1S/C12H20N4O3/c1-13-11-9-14-8-10(16-11)12(17)15-4-3-5-19-7-6-18-2/h8-9H,3-7H2,1-2H3,(H,13,16)(H,15,17). The average molecular weight is 268 g/mol. The zero-order valence-corrected chi connectivity index (χ0v) is 11.3. The van der Waals surface area contributed by atoms with E-state index in [4.69, 9.17) is 9.47 Å². The van der Waals surface area contributed by atoms with E-state index in [0.717, 1.165) is 6.42 Å². The highest BCUT2D eigenvalue weighted by molar-refractivity contribution is 5.92. The fraction of sp³-hybridized carbons (Fsp3) is 0.583. The maximum absolute atomic E-state index is 11.7. The summed E-state index contributed by atoms with van der Waals surface area (Å²) in [6.07, 6.45) is 3.74. The number of hydrogen-bond donors (Lipinski definition) is 2. The third kappa shape index (κ3) is 6.12. The molecule has 0 saturated carbocycles. The Morgan fingerprint density at radius 1 is 1.32 bits per heavy atom. The summed E-state index contributed by atoms with van der Waals surface area (Å²) in [7, 11) is 3.35. The van der Waals surface area contributed by atoms with Crippen LogP contribution in [0.25, 0.3) is 0 Å². The monoisotopic (exact) mass is 268 g/mol. The number of ether oxygens (including phenoxy) is 2. The molecule has 19 heavy (non-hydrogen) atoms. The van der Waals surface area contributed by atoms with Crippen LogP contribution in [0.15, 0.2) is 12.4 Å². The molecule has 1 heterocycles. The zero-order chi connectivity index (χ0) is 13.9. The van der Waals surface area contributed by atoms with Crippen molar-refractivity contribution in [1.29, 1.82) is 0 Å². The lowest BCUT2D eigenvalue weighted by Gasteiger charge is -2.06. The van der Waals surface area contributed by atoms with E-state index in [-0.39, 0.29) is 5.91 Å². The Morgan fingerprint density at radius 3 is 2.89 bits per heavy atom. The lowest BCUT2D eigenvalue weighted by Crippen LogP contribution is -2.26. The molecule has 7 heteroatoms. The van der Waals surface area contributed by atoms with Gasteiger partial charge in [-0.15, -0.1) is 0 Å². The molecule has 106 valence electrons. The minimum Gasteiger partial charge on any atom is -0.382 e. The average Bonchev–Trinajstić information content (AvgIpc) is 2.46. The summed E-state index contributed by atoms with van der Waals surface area (Å²) in [6, 6.07) is 0. The molecule has 0 bridgehead atoms. The van der Waals surface area contributed by atoms with Crippen LogP contribution in [0.2, 0.25) is 0 Å². The molecule has 0 saturated heterocycles. The third-order valence-corrected chi connectivity index (χ3v) is 2.31. The highest BCUT2D eigenvalue weighted by atomic mass is 16.5. The van der Waals surface area contributed by atoms with Gasteiger partial charge in [-0.1, -0.05) is 0 Å². The van der Waals surface area contributed by atoms with Crippen molar-refractivity contribution in [3.8, 4) is 0 Å². The molecule has 1 aromatic rings. The van der Waals surface area contributed by atoms with Gasteiger partial charge < -0.3 is 20.1 Å². The number of rotatable bonds is 9. The second-order valence-electron chi connectivity index (χ2n) is 3.75. The lowest BCUT2D eigenvalue weighted by atomic mass is 10.4. The normalized spacial score (nSPS) is 10.2. The number of carbonyl (C=O) groups excluding carboxylic acids is 1. The quantitative estimate of drug-likeness (QED) is 0.627. The van der Waals surface area contributed by atoms with Crippen molar-refractivity contribution < 1.29 is 14.3 Å². The van der Waals surface area contributed by atoms with Crippen LogP contribution >= 0.6 is 0 Å². The first kappa shape index (κ1) is 15.3. The van der Waals surface area contributed by atoms with Gasteiger partial charge in [0, 0.05) is 27.3 Å². The highest BCUT2D eigenvalue weighted by Crippen LogP contribution is 2.00. The first-order valence-corrected chi connectivity index (χ1v) is 6.12. The van der Waals surface area contributed by atoms with Crippen LogP contribution in [0.3, 0.4) is 0 Å². The number of amides is 1. The second kappa shape index (κ2) is 9.23. The Kier molecular flexibility index (Phi) is 7.45. The maximum atomic E-state index is 11.7. The van der Waals surface area contributed by atoms with E-state index in [0.29, 0.717) is 37.9 Å². The minimum atomic E-state index is -0.235. The SMILES string of the molecule is CNc1cncc(C(=O)NCCCOCCOC)n1. The van der Waals surface area contributed by atoms with Crippen molar-refractivity contribution in [2.24, 2.45) is 0 Å². The Labute approximate surface area is 112 Å². The summed E-state index contributed by atoms with van der Waals surface area (Å²) in [6.45, 7) is 2.28. The Balaban J connectivity index is 2.20. The van der Waals surface area contributed by atoms with E-state index in [9.17, 15) is 4.79 Å². The molecular formula is C12H20N4O3. The molecule has 7 nitrogen and oxygen atoms in total. The molecule has 0 atom stereocenters. The number of hydrogen-bond acceptors (Lipinski definition) is 6. The Hall–Kier alpha value is -1.73. The van der Waals surface area contributed by atoms with Crippen LogP contribution in [-0.4, -0.2) is 56.4 Å². The summed E-state index contributed by atoms with van der Waals surface area (Å²) < 4.78 is 10.1. The molecular weight excluding hydrogens is 248 g/mol. The molecule has 0 aliphatic heterocycles. The second-order valence-corrected chi connectivity index (χ2v) is 3.75. The molecule has 0 aliphatic rings. The van der Waals surface area contributed by atoms with Gasteiger partial charge in [0.15, 0.2) is 0 Å². The van der Waals surface area contributed by atoms with Gasteiger partial charge in [0.25, 0.3) is 5.91 Å². The molecule has 0 radical (unpaired) electrons. The molecule has 0 unspecified atom stereocenters. The predicted octanol–water partition coefficient (Wildman–Crippen LogP) is 0.301. The van der Waals surface area contributed by atoms with Gasteiger partial charge in [0.1, 0.15) is 11.5 Å². The largest absolute Gasteiger partial charge is 0.382 e. The van der Waals surface area contributed by atoms with Crippen molar-refractivity contribution >= 4 is 11.7 Å². The van der Waals surface area contributed by atoms with Gasteiger partial charge in [0.2, 0.25) is 0 Å². The first-order chi connectivity index (χ1) is 9.27. The van der Waals surface area contributed by atoms with Crippen LogP contribution in [0.1, 0.15) is 16.9 Å². The molecule has 0 fully saturated rings. The molecule has 0 aromatic carbocycles. The van der Waals surface area contributed by atoms with Crippen molar-refractivity contribution in [1.82, 2.24) is 15.3 Å². The highest BCUT2D eigenvalue weighted by Gasteiger charge is 2.07. The van der Waals surface area contributed by atoms with E-state index in [1.807, 2.05) is 0 Å². The summed E-state index contributed by atoms with van der Waals surface area (Å²) >= 11 is 0. The number of carbonyl (C=O) groups is 1. The number of anilines is 1. The van der Waals surface area contributed by atoms with Gasteiger partial charge in [-0.2, -0.15) is 0 Å². The predicted molar refractivity (Wildman–Crippen MR) is 71.2 cm³/mol. The summed E-state index contributed by atoms with van der Waals surface area (Å²) in [4.78, 5) is 19.8. The smallest absolute Gasteiger partial charge is 0.271 e. The zero-order valence-electron chi connectivity index (χ0n) is 11.3. The van der Waals surface area contributed by atoms with E-state index in [1.165, 1.54) is 6.20 Å². The number of nitrogens with zero attached hydrogens (tertiary/aromatic N) is 2. The molecule has 0 aliphatic carbocycles. The van der Waals surface area contributed by atoms with Crippen LogP contribution in [-0.2, 0) is 9.47 Å². The molecule has 1 aromatic heterocycles. The molecule has 1 amide bonds. The van der Waals surface area contributed by atoms with Crippen molar-refractivity contribution in [2.45, 2.75) is 6.42 Å². The van der Waals surface area contributed by atoms with E-state index >= 15 is 0 Å². The van der Waals surface area contributed by atoms with Crippen molar-refractivity contribution in [2.75, 3.05) is 45.8 Å². The summed E-state index contributed by atoms with van der Waals surface area (Å²) in [5, 5.41) is 5.59. The topological polar surface area (TPSA) is 85.4 Å². The number of nitrogens with one attached hydrogen (secondary N) is 2. The minimum absolute atomic E-state index is 0.235. The van der Waals surface area contributed by atoms with E-state index in [2.05, 4.69) is 20.6 Å². The first-order valence-electron chi connectivity index (χ1n) is 6.12. The fourth-order valence-electron chi connectivity index (χ4n) is 1.31. The van der Waals surface area contributed by atoms with Crippen molar-refractivity contribution in [3.63, 3.8) is 0 Å². The van der Waals surface area contributed by atoms with Gasteiger partial charge in [-0.05, 0) is 6.42 Å². The summed E-state index contributed by atoms with van der Waals surface area (Å²) in [5.41, 5.74) is 0.298. The van der Waals surface area contributed by atoms with Crippen LogP contribution in [0.4, 0.5) is 5.82 Å². The van der Waals surface area contributed by atoms with Gasteiger partial charge in [-0.25, -0.2) is 4.98 Å². The fourth-order valence-corrected chi connectivity index (χ4v) is 1.31. The molecule has 2 N–H and O–H groups in total. The lowest BCUT2D eigenvalue weighted by molar-refractivity contribution is 0.0688. The van der Waals surface area contributed by atoms with Crippen molar-refractivity contribution in [3.05, 3.63) is 18.1 Å². The van der Waals surface area contributed by atoms with Crippen LogP contribution < -0.4 is 10.6 Å². The molecule has 0 spiro atoms.